The molecule has 0 bridgehead atoms. The van der Waals surface area contributed by atoms with Crippen LogP contribution in [0.4, 0.5) is 0 Å². The normalized spacial score (nSPS) is 17.4. The Hall–Kier alpha value is -2.56. The van der Waals surface area contributed by atoms with Crippen molar-refractivity contribution in [3.63, 3.8) is 0 Å². The molecular weight excluding hydrogens is 416 g/mol. The summed E-state index contributed by atoms with van der Waals surface area (Å²) in [5.74, 6) is -2.15. The summed E-state index contributed by atoms with van der Waals surface area (Å²) in [4.78, 5) is 36.7. The summed E-state index contributed by atoms with van der Waals surface area (Å²) < 4.78 is 32.0. The first-order valence-electron chi connectivity index (χ1n) is 9.01. The SMILES string of the molecule is O=C(COC(=O)C1CCCCN1S(=O)(=O)c1ccccc1)NC(=O)c1cccs1. The molecule has 1 N–H and O–H groups in total. The summed E-state index contributed by atoms with van der Waals surface area (Å²) in [7, 11) is -3.86. The van der Waals surface area contributed by atoms with Crippen LogP contribution in [-0.4, -0.2) is 49.7 Å². The van der Waals surface area contributed by atoms with E-state index in [-0.39, 0.29) is 11.4 Å². The Bertz CT molecular complexity index is 973. The van der Waals surface area contributed by atoms with Crippen molar-refractivity contribution in [2.75, 3.05) is 13.2 Å². The molecule has 154 valence electrons. The van der Waals surface area contributed by atoms with E-state index in [9.17, 15) is 22.8 Å². The minimum Gasteiger partial charge on any atom is -0.454 e. The minimum atomic E-state index is -3.86. The van der Waals surface area contributed by atoms with Crippen molar-refractivity contribution in [3.8, 4) is 0 Å². The molecule has 0 aliphatic carbocycles. The molecule has 1 atom stereocenters. The zero-order chi connectivity index (χ0) is 20.9. The van der Waals surface area contributed by atoms with E-state index in [1.165, 1.54) is 23.5 Å². The van der Waals surface area contributed by atoms with Crippen LogP contribution in [0.2, 0.25) is 0 Å². The first kappa shape index (κ1) is 21.2. The van der Waals surface area contributed by atoms with Crippen LogP contribution in [0.25, 0.3) is 0 Å². The van der Waals surface area contributed by atoms with Crippen LogP contribution >= 0.6 is 11.3 Å². The number of hydrogen-bond acceptors (Lipinski definition) is 7. The quantitative estimate of drug-likeness (QED) is 0.692. The van der Waals surface area contributed by atoms with E-state index in [4.69, 9.17) is 4.74 Å². The smallest absolute Gasteiger partial charge is 0.324 e. The number of thiophene rings is 1. The average molecular weight is 437 g/mol. The van der Waals surface area contributed by atoms with Gasteiger partial charge in [-0.05, 0) is 42.8 Å². The van der Waals surface area contributed by atoms with Crippen molar-refractivity contribution in [2.24, 2.45) is 0 Å². The van der Waals surface area contributed by atoms with Gasteiger partial charge < -0.3 is 4.74 Å². The number of hydrogen-bond donors (Lipinski definition) is 1. The van der Waals surface area contributed by atoms with Gasteiger partial charge in [-0.15, -0.1) is 11.3 Å². The number of nitrogens with one attached hydrogen (secondary N) is 1. The van der Waals surface area contributed by atoms with Crippen molar-refractivity contribution < 1.29 is 27.5 Å². The van der Waals surface area contributed by atoms with Gasteiger partial charge in [-0.3, -0.25) is 19.7 Å². The van der Waals surface area contributed by atoms with E-state index in [0.717, 1.165) is 4.31 Å². The highest BCUT2D eigenvalue weighted by atomic mass is 32.2. The average Bonchev–Trinajstić information content (AvgIpc) is 3.28. The molecule has 2 aromatic rings. The lowest BCUT2D eigenvalue weighted by Crippen LogP contribution is -2.49. The molecule has 1 aliphatic rings. The van der Waals surface area contributed by atoms with E-state index >= 15 is 0 Å². The Labute approximate surface area is 172 Å². The Balaban J connectivity index is 1.62. The standard InChI is InChI=1S/C19H20N2O6S2/c22-17(20-18(23)16-10-6-12-28-16)13-27-19(24)15-9-4-5-11-21(15)29(25,26)14-7-2-1-3-8-14/h1-3,6-8,10,12,15H,4-5,9,11,13H2,(H,20,22,23). The zero-order valence-corrected chi connectivity index (χ0v) is 17.1. The number of imide groups is 1. The van der Waals surface area contributed by atoms with Crippen molar-refractivity contribution in [1.82, 2.24) is 9.62 Å². The third-order valence-electron chi connectivity index (χ3n) is 4.42. The topological polar surface area (TPSA) is 110 Å². The van der Waals surface area contributed by atoms with E-state index in [1.807, 2.05) is 0 Å². The molecule has 1 unspecified atom stereocenters. The molecule has 1 aliphatic heterocycles. The molecule has 1 saturated heterocycles. The summed E-state index contributed by atoms with van der Waals surface area (Å²) in [6.07, 6.45) is 1.61. The van der Waals surface area contributed by atoms with Crippen LogP contribution in [0.5, 0.6) is 0 Å². The number of ether oxygens (including phenoxy) is 1. The lowest BCUT2D eigenvalue weighted by molar-refractivity contribution is -0.153. The van der Waals surface area contributed by atoms with Crippen LogP contribution in [-0.2, 0) is 24.3 Å². The first-order chi connectivity index (χ1) is 13.9. The van der Waals surface area contributed by atoms with Gasteiger partial charge in [0.05, 0.1) is 9.77 Å². The fourth-order valence-electron chi connectivity index (χ4n) is 3.02. The number of piperidine rings is 1. The molecule has 2 amide bonds. The van der Waals surface area contributed by atoms with Crippen molar-refractivity contribution >= 4 is 39.1 Å². The number of rotatable bonds is 6. The van der Waals surface area contributed by atoms with Crippen LogP contribution in [0.1, 0.15) is 28.9 Å². The summed E-state index contributed by atoms with van der Waals surface area (Å²) in [6, 6.07) is 10.1. The van der Waals surface area contributed by atoms with E-state index in [2.05, 4.69) is 5.32 Å². The van der Waals surface area contributed by atoms with Crippen LogP contribution in [0, 0.1) is 0 Å². The van der Waals surface area contributed by atoms with E-state index in [1.54, 1.807) is 35.7 Å². The van der Waals surface area contributed by atoms with Crippen LogP contribution in [0.15, 0.2) is 52.7 Å². The van der Waals surface area contributed by atoms with E-state index < -0.39 is 40.5 Å². The molecule has 1 fully saturated rings. The van der Waals surface area contributed by atoms with Gasteiger partial charge in [-0.25, -0.2) is 8.42 Å². The Morgan fingerprint density at radius 2 is 1.86 bits per heavy atom. The maximum atomic E-state index is 12.9. The Kier molecular flexibility index (Phi) is 6.78. The third-order valence-corrected chi connectivity index (χ3v) is 7.21. The molecule has 0 saturated carbocycles. The molecule has 2 heterocycles. The maximum Gasteiger partial charge on any atom is 0.324 e. The Morgan fingerprint density at radius 3 is 2.55 bits per heavy atom. The summed E-state index contributed by atoms with van der Waals surface area (Å²) in [5.41, 5.74) is 0. The summed E-state index contributed by atoms with van der Waals surface area (Å²) >= 11 is 1.18. The second kappa shape index (κ2) is 9.29. The molecule has 1 aromatic heterocycles. The van der Waals surface area contributed by atoms with Gasteiger partial charge >= 0.3 is 5.97 Å². The number of nitrogens with zero attached hydrogens (tertiary/aromatic N) is 1. The fraction of sp³-hybridized carbons (Fsp3) is 0.316. The van der Waals surface area contributed by atoms with Crippen molar-refractivity contribution in [2.45, 2.75) is 30.2 Å². The lowest BCUT2D eigenvalue weighted by Gasteiger charge is -2.32. The third kappa shape index (κ3) is 5.08. The molecule has 10 heteroatoms. The van der Waals surface area contributed by atoms with Gasteiger partial charge in [0.25, 0.3) is 11.8 Å². The predicted molar refractivity (Wildman–Crippen MR) is 106 cm³/mol. The summed E-state index contributed by atoms with van der Waals surface area (Å²) in [6.45, 7) is -0.467. The molecule has 0 radical (unpaired) electrons. The molecule has 1 aromatic carbocycles. The second-order valence-electron chi connectivity index (χ2n) is 6.40. The zero-order valence-electron chi connectivity index (χ0n) is 15.4. The number of sulfonamides is 1. The largest absolute Gasteiger partial charge is 0.454 e. The van der Waals surface area contributed by atoms with Crippen LogP contribution < -0.4 is 5.32 Å². The number of carbonyl (C=O) groups excluding carboxylic acids is 3. The predicted octanol–water partition coefficient (Wildman–Crippen LogP) is 1.79. The van der Waals surface area contributed by atoms with Gasteiger partial charge in [0, 0.05) is 6.54 Å². The highest BCUT2D eigenvalue weighted by molar-refractivity contribution is 7.89. The maximum absolute atomic E-state index is 12.9. The monoisotopic (exact) mass is 436 g/mol. The Morgan fingerprint density at radius 1 is 1.10 bits per heavy atom. The molecule has 0 spiro atoms. The van der Waals surface area contributed by atoms with Crippen molar-refractivity contribution in [3.05, 3.63) is 52.7 Å². The number of esters is 1. The van der Waals surface area contributed by atoms with E-state index in [0.29, 0.717) is 24.1 Å². The number of carbonyl (C=O) groups is 3. The van der Waals surface area contributed by atoms with Gasteiger partial charge in [0.2, 0.25) is 10.0 Å². The van der Waals surface area contributed by atoms with Gasteiger partial charge in [0.15, 0.2) is 6.61 Å². The lowest BCUT2D eigenvalue weighted by atomic mass is 10.1. The molecule has 8 nitrogen and oxygen atoms in total. The molecule has 3 rings (SSSR count). The second-order valence-corrected chi connectivity index (χ2v) is 9.24. The summed E-state index contributed by atoms with van der Waals surface area (Å²) in [5, 5.41) is 3.83. The minimum absolute atomic E-state index is 0.0963. The van der Waals surface area contributed by atoms with Gasteiger partial charge in [-0.2, -0.15) is 4.31 Å². The number of benzene rings is 1. The van der Waals surface area contributed by atoms with Gasteiger partial charge in [0.1, 0.15) is 6.04 Å². The van der Waals surface area contributed by atoms with Gasteiger partial charge in [-0.1, -0.05) is 24.3 Å². The highest BCUT2D eigenvalue weighted by Gasteiger charge is 2.38. The van der Waals surface area contributed by atoms with Crippen molar-refractivity contribution in [1.29, 1.82) is 0 Å². The highest BCUT2D eigenvalue weighted by Crippen LogP contribution is 2.26. The molecule has 29 heavy (non-hydrogen) atoms. The first-order valence-corrected chi connectivity index (χ1v) is 11.3. The fourth-order valence-corrected chi connectivity index (χ4v) is 5.31. The van der Waals surface area contributed by atoms with Crippen LogP contribution in [0.3, 0.4) is 0 Å². The molecular formula is C19H20N2O6S2. The number of amides is 2.